The Morgan fingerprint density at radius 1 is 1.10 bits per heavy atom. The molecule has 0 spiro atoms. The molecule has 0 radical (unpaired) electrons. The summed E-state index contributed by atoms with van der Waals surface area (Å²) in [6.07, 6.45) is 4.40. The van der Waals surface area contributed by atoms with E-state index in [1.165, 1.54) is 5.56 Å². The number of aromatic nitrogens is 1. The molecule has 1 unspecified atom stereocenters. The average Bonchev–Trinajstić information content (AvgIpc) is 2.56. The van der Waals surface area contributed by atoms with E-state index >= 15 is 0 Å². The van der Waals surface area contributed by atoms with Gasteiger partial charge in [-0.2, -0.15) is 0 Å². The number of likely N-dealkylation sites (N-methyl/N-ethyl adjacent to an activating group) is 1. The number of rotatable bonds is 7. The van der Waals surface area contributed by atoms with Gasteiger partial charge in [0.2, 0.25) is 0 Å². The predicted octanol–water partition coefficient (Wildman–Crippen LogP) is 3.57. The minimum atomic E-state index is -0.0782. The van der Waals surface area contributed by atoms with Crippen molar-refractivity contribution in [1.82, 2.24) is 9.88 Å². The second-order valence-electron chi connectivity index (χ2n) is 5.07. The van der Waals surface area contributed by atoms with Crippen molar-refractivity contribution in [3.8, 4) is 0 Å². The van der Waals surface area contributed by atoms with Crippen LogP contribution < -0.4 is 0 Å². The molecule has 0 saturated carbocycles. The third-order valence-corrected chi connectivity index (χ3v) is 3.73. The number of carbonyl (C=O) groups is 1. The van der Waals surface area contributed by atoms with Crippen molar-refractivity contribution in [3.63, 3.8) is 0 Å². The van der Waals surface area contributed by atoms with E-state index in [1.807, 2.05) is 42.5 Å². The molecule has 1 aromatic heterocycles. The van der Waals surface area contributed by atoms with Crippen LogP contribution in [0.15, 0.2) is 54.9 Å². The standard InChI is InChI=1S/C18H22N2O/c1-3-17(18(21)16-8-6-5-7-9-16)20(4-2)14-15-10-12-19-13-11-15/h5-13,17H,3-4,14H2,1-2H3. The molecule has 110 valence electrons. The van der Waals surface area contributed by atoms with Crippen LogP contribution in [0.1, 0.15) is 36.2 Å². The smallest absolute Gasteiger partial charge is 0.179 e. The molecule has 0 fully saturated rings. The normalized spacial score (nSPS) is 12.3. The monoisotopic (exact) mass is 282 g/mol. The molecule has 2 rings (SSSR count). The van der Waals surface area contributed by atoms with Crippen LogP contribution in [0.2, 0.25) is 0 Å². The summed E-state index contributed by atoms with van der Waals surface area (Å²) in [7, 11) is 0. The molecule has 0 amide bonds. The number of hydrogen-bond acceptors (Lipinski definition) is 3. The van der Waals surface area contributed by atoms with Crippen molar-refractivity contribution in [3.05, 3.63) is 66.0 Å². The minimum absolute atomic E-state index is 0.0782. The summed E-state index contributed by atoms with van der Waals surface area (Å²) in [6.45, 7) is 5.79. The maximum absolute atomic E-state index is 12.7. The number of Topliss-reactive ketones (excluding diaryl/α,β-unsaturated/α-hetero) is 1. The Morgan fingerprint density at radius 2 is 1.76 bits per heavy atom. The topological polar surface area (TPSA) is 33.2 Å². The first-order valence-electron chi connectivity index (χ1n) is 7.48. The molecular formula is C18H22N2O. The van der Waals surface area contributed by atoms with Crippen molar-refractivity contribution in [2.24, 2.45) is 0 Å². The quantitative estimate of drug-likeness (QED) is 0.728. The SMILES string of the molecule is CCC(C(=O)c1ccccc1)N(CC)Cc1ccncc1. The van der Waals surface area contributed by atoms with E-state index in [0.29, 0.717) is 0 Å². The van der Waals surface area contributed by atoms with Crippen LogP contribution in [0.25, 0.3) is 0 Å². The zero-order valence-corrected chi connectivity index (χ0v) is 12.7. The fourth-order valence-corrected chi connectivity index (χ4v) is 2.57. The molecule has 0 bridgehead atoms. The highest BCUT2D eigenvalue weighted by molar-refractivity contribution is 6.00. The first-order chi connectivity index (χ1) is 10.3. The number of ketones is 1. The summed E-state index contributed by atoms with van der Waals surface area (Å²) in [5.41, 5.74) is 1.98. The fourth-order valence-electron chi connectivity index (χ4n) is 2.57. The average molecular weight is 282 g/mol. The van der Waals surface area contributed by atoms with Crippen molar-refractivity contribution in [2.45, 2.75) is 32.9 Å². The van der Waals surface area contributed by atoms with Crippen LogP contribution in [0.3, 0.4) is 0 Å². The molecule has 0 saturated heterocycles. The van der Waals surface area contributed by atoms with Crippen molar-refractivity contribution < 1.29 is 4.79 Å². The lowest BCUT2D eigenvalue weighted by Crippen LogP contribution is -2.40. The summed E-state index contributed by atoms with van der Waals surface area (Å²) >= 11 is 0. The van der Waals surface area contributed by atoms with Crippen LogP contribution in [0, 0.1) is 0 Å². The molecule has 0 N–H and O–H groups in total. The van der Waals surface area contributed by atoms with Gasteiger partial charge in [-0.3, -0.25) is 14.7 Å². The van der Waals surface area contributed by atoms with Gasteiger partial charge in [-0.15, -0.1) is 0 Å². The highest BCUT2D eigenvalue weighted by atomic mass is 16.1. The summed E-state index contributed by atoms with van der Waals surface area (Å²) in [6, 6.07) is 13.5. The van der Waals surface area contributed by atoms with Gasteiger partial charge in [-0.05, 0) is 30.7 Å². The van der Waals surface area contributed by atoms with Crippen LogP contribution in [-0.2, 0) is 6.54 Å². The largest absolute Gasteiger partial charge is 0.292 e. The Hall–Kier alpha value is -2.00. The summed E-state index contributed by atoms with van der Waals surface area (Å²) in [5.74, 6) is 0.203. The molecule has 0 aliphatic carbocycles. The van der Waals surface area contributed by atoms with E-state index in [2.05, 4.69) is 23.7 Å². The Morgan fingerprint density at radius 3 is 2.33 bits per heavy atom. The summed E-state index contributed by atoms with van der Waals surface area (Å²) in [4.78, 5) is 19.0. The lowest BCUT2D eigenvalue weighted by Gasteiger charge is -2.29. The van der Waals surface area contributed by atoms with Gasteiger partial charge in [-0.1, -0.05) is 44.2 Å². The molecule has 0 aliphatic rings. The number of carbonyl (C=O) groups excluding carboxylic acids is 1. The molecule has 1 heterocycles. The molecule has 3 heteroatoms. The van der Waals surface area contributed by atoms with Crippen molar-refractivity contribution in [2.75, 3.05) is 6.54 Å². The molecular weight excluding hydrogens is 260 g/mol. The lowest BCUT2D eigenvalue weighted by molar-refractivity contribution is 0.0807. The number of pyridine rings is 1. The molecule has 1 atom stereocenters. The Bertz CT molecular complexity index is 554. The number of hydrogen-bond donors (Lipinski definition) is 0. The van der Waals surface area contributed by atoms with E-state index < -0.39 is 0 Å². The number of nitrogens with zero attached hydrogens (tertiary/aromatic N) is 2. The van der Waals surface area contributed by atoms with Crippen LogP contribution in [0.4, 0.5) is 0 Å². The van der Waals surface area contributed by atoms with E-state index in [-0.39, 0.29) is 11.8 Å². The van der Waals surface area contributed by atoms with E-state index in [9.17, 15) is 4.79 Å². The molecule has 3 nitrogen and oxygen atoms in total. The first-order valence-corrected chi connectivity index (χ1v) is 7.48. The Labute approximate surface area is 126 Å². The third-order valence-electron chi connectivity index (χ3n) is 3.73. The predicted molar refractivity (Wildman–Crippen MR) is 85.2 cm³/mol. The fraction of sp³-hybridized carbons (Fsp3) is 0.333. The lowest BCUT2D eigenvalue weighted by atomic mass is 10.00. The van der Waals surface area contributed by atoms with Crippen LogP contribution in [0.5, 0.6) is 0 Å². The Balaban J connectivity index is 2.16. The molecule has 1 aromatic carbocycles. The van der Waals surface area contributed by atoms with Gasteiger partial charge in [0, 0.05) is 24.5 Å². The minimum Gasteiger partial charge on any atom is -0.292 e. The van der Waals surface area contributed by atoms with E-state index in [4.69, 9.17) is 0 Å². The summed E-state index contributed by atoms with van der Waals surface area (Å²) in [5, 5.41) is 0. The van der Waals surface area contributed by atoms with Gasteiger partial charge in [0.15, 0.2) is 5.78 Å². The molecule has 2 aromatic rings. The van der Waals surface area contributed by atoms with Crippen LogP contribution >= 0.6 is 0 Å². The van der Waals surface area contributed by atoms with Gasteiger partial charge in [0.25, 0.3) is 0 Å². The van der Waals surface area contributed by atoms with Crippen molar-refractivity contribution >= 4 is 5.78 Å². The van der Waals surface area contributed by atoms with Gasteiger partial charge in [0.1, 0.15) is 0 Å². The second-order valence-corrected chi connectivity index (χ2v) is 5.07. The maximum Gasteiger partial charge on any atom is 0.179 e. The third kappa shape index (κ3) is 3.99. The van der Waals surface area contributed by atoms with Gasteiger partial charge < -0.3 is 0 Å². The van der Waals surface area contributed by atoms with Gasteiger partial charge in [-0.25, -0.2) is 0 Å². The summed E-state index contributed by atoms with van der Waals surface area (Å²) < 4.78 is 0. The van der Waals surface area contributed by atoms with Gasteiger partial charge >= 0.3 is 0 Å². The molecule has 21 heavy (non-hydrogen) atoms. The van der Waals surface area contributed by atoms with E-state index in [1.54, 1.807) is 12.4 Å². The highest BCUT2D eigenvalue weighted by Crippen LogP contribution is 2.15. The maximum atomic E-state index is 12.7. The molecule has 0 aliphatic heterocycles. The highest BCUT2D eigenvalue weighted by Gasteiger charge is 2.24. The second kappa shape index (κ2) is 7.70. The number of benzene rings is 1. The van der Waals surface area contributed by atoms with E-state index in [0.717, 1.165) is 25.1 Å². The zero-order valence-electron chi connectivity index (χ0n) is 12.7. The van der Waals surface area contributed by atoms with Crippen LogP contribution in [-0.4, -0.2) is 28.3 Å². The van der Waals surface area contributed by atoms with Gasteiger partial charge in [0.05, 0.1) is 6.04 Å². The first kappa shape index (κ1) is 15.4. The van der Waals surface area contributed by atoms with Crippen molar-refractivity contribution in [1.29, 1.82) is 0 Å². The zero-order chi connectivity index (χ0) is 15.1. The Kier molecular flexibility index (Phi) is 5.64.